The third-order valence-electron chi connectivity index (χ3n) is 5.24. The minimum absolute atomic E-state index is 0.0122. The van der Waals surface area contributed by atoms with Crippen LogP contribution in [0.1, 0.15) is 12.0 Å². The second-order valence-electron chi connectivity index (χ2n) is 7.59. The number of nitrogens with zero attached hydrogens (tertiary/aromatic N) is 2. The van der Waals surface area contributed by atoms with Gasteiger partial charge >= 0.3 is 6.18 Å². The summed E-state index contributed by atoms with van der Waals surface area (Å²) in [6.07, 6.45) is -8.31. The van der Waals surface area contributed by atoms with Gasteiger partial charge in [0, 0.05) is 18.1 Å². The summed E-state index contributed by atoms with van der Waals surface area (Å²) in [6.45, 7) is -1.45. The maximum atomic E-state index is 14.7. The van der Waals surface area contributed by atoms with Crippen LogP contribution in [0.15, 0.2) is 65.7 Å². The summed E-state index contributed by atoms with van der Waals surface area (Å²) in [5.41, 5.74) is 4.21. The molecule has 34 heavy (non-hydrogen) atoms. The first-order valence-electron chi connectivity index (χ1n) is 9.95. The smallest absolute Gasteiger partial charge is 0.425 e. The number of ether oxygens (including phenoxy) is 2. The Morgan fingerprint density at radius 2 is 1.82 bits per heavy atom. The largest absolute Gasteiger partial charge is 0.452 e. The van der Waals surface area contributed by atoms with Crippen LogP contribution in [0, 0.1) is 5.82 Å². The van der Waals surface area contributed by atoms with Gasteiger partial charge in [0.05, 0.1) is 0 Å². The van der Waals surface area contributed by atoms with E-state index in [9.17, 15) is 22.0 Å². The van der Waals surface area contributed by atoms with Crippen molar-refractivity contribution >= 4 is 17.6 Å². The van der Waals surface area contributed by atoms with Gasteiger partial charge in [-0.1, -0.05) is 41.9 Å². The zero-order valence-corrected chi connectivity index (χ0v) is 18.1. The van der Waals surface area contributed by atoms with E-state index in [1.165, 1.54) is 6.07 Å². The third-order valence-corrected chi connectivity index (χ3v) is 5.43. The maximum Gasteiger partial charge on any atom is 0.425 e. The van der Waals surface area contributed by atoms with Crippen molar-refractivity contribution in [3.8, 4) is 22.8 Å². The Morgan fingerprint density at radius 3 is 2.50 bits per heavy atom. The molecule has 4 rings (SSSR count). The molecule has 2 heterocycles. The van der Waals surface area contributed by atoms with Crippen LogP contribution in [0.5, 0.6) is 11.6 Å². The van der Waals surface area contributed by atoms with E-state index in [1.54, 1.807) is 12.1 Å². The van der Waals surface area contributed by atoms with Gasteiger partial charge in [-0.15, -0.1) is 0 Å². The number of hydrogen-bond acceptors (Lipinski definition) is 5. The van der Waals surface area contributed by atoms with Crippen LogP contribution in [-0.4, -0.2) is 30.0 Å². The van der Waals surface area contributed by atoms with Gasteiger partial charge in [0.25, 0.3) is 6.02 Å². The molecule has 2 N–H and O–H groups in total. The van der Waals surface area contributed by atoms with E-state index in [2.05, 4.69) is 14.7 Å². The molecule has 0 bridgehead atoms. The average Bonchev–Trinajstić information content (AvgIpc) is 2.79. The predicted molar refractivity (Wildman–Crippen MR) is 116 cm³/mol. The molecule has 0 saturated heterocycles. The molecule has 1 aliphatic rings. The molecule has 2 atom stereocenters. The summed E-state index contributed by atoms with van der Waals surface area (Å²) in [5, 5.41) is 0.119. The highest BCUT2D eigenvalue weighted by molar-refractivity contribution is 6.29. The Labute approximate surface area is 196 Å². The topological polar surface area (TPSA) is 69.7 Å². The minimum Gasteiger partial charge on any atom is -0.452 e. The van der Waals surface area contributed by atoms with Gasteiger partial charge in [0.15, 0.2) is 6.10 Å². The number of nitrogens with two attached hydrogens (primary N) is 1. The van der Waals surface area contributed by atoms with E-state index in [4.69, 9.17) is 22.1 Å². The minimum atomic E-state index is -4.86. The van der Waals surface area contributed by atoms with E-state index < -0.39 is 48.3 Å². The normalized spacial score (nSPS) is 20.4. The van der Waals surface area contributed by atoms with Crippen molar-refractivity contribution in [1.82, 2.24) is 4.98 Å². The van der Waals surface area contributed by atoms with Crippen molar-refractivity contribution in [2.24, 2.45) is 10.7 Å². The van der Waals surface area contributed by atoms with Crippen LogP contribution in [-0.2, 0) is 10.3 Å². The summed E-state index contributed by atoms with van der Waals surface area (Å²) in [4.78, 5) is 7.78. The first-order chi connectivity index (χ1) is 16.1. The summed E-state index contributed by atoms with van der Waals surface area (Å²) in [6, 6.07) is 14.8. The molecule has 11 heteroatoms. The number of amidine groups is 1. The van der Waals surface area contributed by atoms with E-state index in [0.717, 1.165) is 17.7 Å². The molecule has 0 radical (unpaired) electrons. The molecule has 3 aromatic rings. The highest BCUT2D eigenvalue weighted by Gasteiger charge is 2.52. The molecule has 5 nitrogen and oxygen atoms in total. The molecule has 0 fully saturated rings. The first kappa shape index (κ1) is 23.7. The lowest BCUT2D eigenvalue weighted by molar-refractivity contribution is -0.209. The Bertz CT molecular complexity index is 1220. The molecule has 178 valence electrons. The van der Waals surface area contributed by atoms with Gasteiger partial charge in [-0.05, 0) is 35.4 Å². The molecule has 0 spiro atoms. The van der Waals surface area contributed by atoms with Crippen LogP contribution in [0.25, 0.3) is 11.1 Å². The lowest BCUT2D eigenvalue weighted by atomic mass is 9.84. The monoisotopic (exact) mass is 497 g/mol. The Morgan fingerprint density at radius 1 is 1.09 bits per heavy atom. The third kappa shape index (κ3) is 4.91. The number of rotatable bonds is 5. The van der Waals surface area contributed by atoms with Crippen LogP contribution in [0.3, 0.4) is 0 Å². The van der Waals surface area contributed by atoms with Crippen LogP contribution in [0.2, 0.25) is 5.15 Å². The zero-order valence-electron chi connectivity index (χ0n) is 17.3. The zero-order chi connectivity index (χ0) is 24.5. The lowest BCUT2D eigenvalue weighted by Gasteiger charge is -2.36. The van der Waals surface area contributed by atoms with Crippen molar-refractivity contribution < 1.29 is 31.4 Å². The van der Waals surface area contributed by atoms with Crippen molar-refractivity contribution in [1.29, 1.82) is 0 Å². The molecule has 1 aliphatic heterocycles. The van der Waals surface area contributed by atoms with Gasteiger partial charge in [0.2, 0.25) is 5.88 Å². The number of pyridine rings is 1. The van der Waals surface area contributed by atoms with E-state index in [0.29, 0.717) is 5.56 Å². The fourth-order valence-electron chi connectivity index (χ4n) is 3.65. The predicted octanol–water partition coefficient (Wildman–Crippen LogP) is 6.16. The lowest BCUT2D eigenvalue weighted by Crippen LogP contribution is -2.48. The highest BCUT2D eigenvalue weighted by Crippen LogP contribution is 2.42. The second kappa shape index (κ2) is 9.09. The van der Waals surface area contributed by atoms with Crippen molar-refractivity contribution in [2.45, 2.75) is 24.2 Å². The number of alkyl halides is 4. The van der Waals surface area contributed by atoms with E-state index in [-0.39, 0.29) is 16.8 Å². The van der Waals surface area contributed by atoms with Gasteiger partial charge in [-0.2, -0.15) is 13.2 Å². The van der Waals surface area contributed by atoms with Crippen LogP contribution < -0.4 is 10.5 Å². The van der Waals surface area contributed by atoms with Gasteiger partial charge in [0.1, 0.15) is 28.9 Å². The molecular formula is C23H17ClF5N3O2. The Kier molecular flexibility index (Phi) is 6.35. The van der Waals surface area contributed by atoms with E-state index in [1.807, 2.05) is 30.3 Å². The fourth-order valence-corrected chi connectivity index (χ4v) is 3.85. The molecule has 0 amide bonds. The summed E-state index contributed by atoms with van der Waals surface area (Å²) in [7, 11) is 0. The average molecular weight is 498 g/mol. The summed E-state index contributed by atoms with van der Waals surface area (Å²) < 4.78 is 79.0. The Balaban J connectivity index is 1.71. The van der Waals surface area contributed by atoms with Crippen molar-refractivity contribution in [3.63, 3.8) is 0 Å². The quantitative estimate of drug-likeness (QED) is 0.338. The second-order valence-corrected chi connectivity index (χ2v) is 7.98. The van der Waals surface area contributed by atoms with Gasteiger partial charge in [-0.3, -0.25) is 0 Å². The SMILES string of the molecule is NC1=N[C@](CF)(c2cc(Oc3cc(-c4ccccc4)cc(Cl)n3)ccc2F)C[C@@H](C(F)(F)F)O1. The highest BCUT2D eigenvalue weighted by atomic mass is 35.5. The Hall–Kier alpha value is -3.40. The standard InChI is InChI=1S/C23H17ClF5N3O2/c24-19-8-14(13-4-2-1-3-5-13)9-20(31-19)33-15-6-7-17(26)16(10-15)22(12-25)11-18(23(27,28)29)34-21(30)32-22/h1-10,18H,11-12H2,(H2,30,32)/t18-,22+/m0/s1. The fraction of sp³-hybridized carbons (Fsp3) is 0.217. The van der Waals surface area contributed by atoms with Crippen LogP contribution >= 0.6 is 11.6 Å². The van der Waals surface area contributed by atoms with Gasteiger partial charge in [-0.25, -0.2) is 18.8 Å². The summed E-state index contributed by atoms with van der Waals surface area (Å²) in [5.74, 6) is -0.948. The van der Waals surface area contributed by atoms with E-state index >= 15 is 0 Å². The maximum absolute atomic E-state index is 14.7. The number of halogens is 6. The van der Waals surface area contributed by atoms with Gasteiger partial charge < -0.3 is 15.2 Å². The summed E-state index contributed by atoms with van der Waals surface area (Å²) >= 11 is 6.11. The van der Waals surface area contributed by atoms with Crippen LogP contribution in [0.4, 0.5) is 22.0 Å². The molecule has 1 aromatic heterocycles. The first-order valence-corrected chi connectivity index (χ1v) is 10.3. The van der Waals surface area contributed by atoms with Crippen molar-refractivity contribution in [2.75, 3.05) is 6.67 Å². The number of hydrogen-bond donors (Lipinski definition) is 1. The molecule has 0 aliphatic carbocycles. The molecule has 0 saturated carbocycles. The molecule has 0 unspecified atom stereocenters. The number of aromatic nitrogens is 1. The molecule has 2 aromatic carbocycles. The molecular weight excluding hydrogens is 481 g/mol. The number of aliphatic imine (C=N–C) groups is 1. The van der Waals surface area contributed by atoms with Crippen molar-refractivity contribution in [3.05, 3.63) is 77.2 Å². The number of benzene rings is 2.